The summed E-state index contributed by atoms with van der Waals surface area (Å²) in [4.78, 5) is 11.6. The van der Waals surface area contributed by atoms with Gasteiger partial charge in [-0.2, -0.15) is 4.31 Å². The van der Waals surface area contributed by atoms with Crippen molar-refractivity contribution in [2.45, 2.75) is 11.3 Å². The minimum Gasteiger partial charge on any atom is -0.313 e. The standard InChI is InChI=1S/C16H19N3O4S/c20-16(18-21)14-7-10-19(11-14)24(22,23)15-3-1-12(2-4-15)13-5-8-17-9-6-13/h1-5,7,17,21H,6,8-11H2,(H,18,20). The van der Waals surface area contributed by atoms with Crippen molar-refractivity contribution in [3.63, 3.8) is 0 Å². The van der Waals surface area contributed by atoms with Crippen LogP contribution in [0, 0.1) is 0 Å². The maximum Gasteiger partial charge on any atom is 0.271 e. The Balaban J connectivity index is 1.76. The van der Waals surface area contributed by atoms with Gasteiger partial charge in [0.25, 0.3) is 5.91 Å². The number of hydrogen-bond donors (Lipinski definition) is 3. The van der Waals surface area contributed by atoms with Gasteiger partial charge >= 0.3 is 0 Å². The zero-order valence-electron chi connectivity index (χ0n) is 13.0. The van der Waals surface area contributed by atoms with Crippen molar-refractivity contribution in [1.82, 2.24) is 15.1 Å². The Bertz CT molecular complexity index is 797. The third-order valence-electron chi connectivity index (χ3n) is 4.21. The second-order valence-corrected chi connectivity index (χ2v) is 7.61. The number of nitrogens with one attached hydrogen (secondary N) is 2. The number of nitrogens with zero attached hydrogens (tertiary/aromatic N) is 1. The van der Waals surface area contributed by atoms with Crippen LogP contribution in [0.1, 0.15) is 12.0 Å². The summed E-state index contributed by atoms with van der Waals surface area (Å²) in [7, 11) is -3.67. The van der Waals surface area contributed by atoms with Gasteiger partial charge in [-0.15, -0.1) is 0 Å². The Hall–Kier alpha value is -2.00. The molecule has 24 heavy (non-hydrogen) atoms. The van der Waals surface area contributed by atoms with E-state index in [4.69, 9.17) is 5.21 Å². The highest BCUT2D eigenvalue weighted by molar-refractivity contribution is 7.89. The number of carbonyl (C=O) groups excluding carboxylic acids is 1. The van der Waals surface area contributed by atoms with Crippen LogP contribution in [-0.4, -0.2) is 50.0 Å². The second-order valence-electron chi connectivity index (χ2n) is 5.68. The van der Waals surface area contributed by atoms with E-state index in [0.29, 0.717) is 0 Å². The Kier molecular flexibility index (Phi) is 4.81. The van der Waals surface area contributed by atoms with E-state index in [-0.39, 0.29) is 23.6 Å². The third kappa shape index (κ3) is 3.27. The van der Waals surface area contributed by atoms with Crippen LogP contribution >= 0.6 is 0 Å². The number of sulfonamides is 1. The lowest BCUT2D eigenvalue weighted by atomic mass is 10.0. The van der Waals surface area contributed by atoms with Crippen molar-refractivity contribution in [2.24, 2.45) is 0 Å². The van der Waals surface area contributed by atoms with Crippen LogP contribution in [0.2, 0.25) is 0 Å². The topological polar surface area (TPSA) is 98.7 Å². The Morgan fingerprint density at radius 2 is 1.96 bits per heavy atom. The average Bonchev–Trinajstić information content (AvgIpc) is 3.13. The summed E-state index contributed by atoms with van der Waals surface area (Å²) in [6, 6.07) is 6.82. The van der Waals surface area contributed by atoms with E-state index in [1.165, 1.54) is 21.4 Å². The maximum atomic E-state index is 12.7. The zero-order valence-corrected chi connectivity index (χ0v) is 13.8. The summed E-state index contributed by atoms with van der Waals surface area (Å²) in [5.74, 6) is -0.680. The van der Waals surface area contributed by atoms with Gasteiger partial charge in [0.05, 0.1) is 4.90 Å². The van der Waals surface area contributed by atoms with Crippen LogP contribution in [0.5, 0.6) is 0 Å². The molecule has 3 rings (SSSR count). The summed E-state index contributed by atoms with van der Waals surface area (Å²) < 4.78 is 26.5. The highest BCUT2D eigenvalue weighted by Gasteiger charge is 2.30. The average molecular weight is 349 g/mol. The molecule has 0 saturated heterocycles. The highest BCUT2D eigenvalue weighted by atomic mass is 32.2. The Morgan fingerprint density at radius 1 is 1.21 bits per heavy atom. The van der Waals surface area contributed by atoms with E-state index in [1.807, 2.05) is 12.1 Å². The Morgan fingerprint density at radius 3 is 2.58 bits per heavy atom. The van der Waals surface area contributed by atoms with Crippen LogP contribution in [0.25, 0.3) is 5.57 Å². The van der Waals surface area contributed by atoms with Crippen LogP contribution in [0.3, 0.4) is 0 Å². The predicted molar refractivity (Wildman–Crippen MR) is 88.7 cm³/mol. The van der Waals surface area contributed by atoms with Gasteiger partial charge in [-0.3, -0.25) is 10.0 Å². The molecule has 8 heteroatoms. The fourth-order valence-electron chi connectivity index (χ4n) is 2.83. The van der Waals surface area contributed by atoms with Crippen molar-refractivity contribution < 1.29 is 18.4 Å². The molecule has 1 aromatic carbocycles. The molecule has 3 N–H and O–H groups in total. The van der Waals surface area contributed by atoms with Gasteiger partial charge in [0.15, 0.2) is 0 Å². The lowest BCUT2D eigenvalue weighted by Crippen LogP contribution is -2.31. The molecule has 2 heterocycles. The molecule has 0 fully saturated rings. The third-order valence-corrected chi connectivity index (χ3v) is 6.03. The number of hydrogen-bond acceptors (Lipinski definition) is 5. The van der Waals surface area contributed by atoms with E-state index >= 15 is 0 Å². The summed E-state index contributed by atoms with van der Waals surface area (Å²) in [5.41, 5.74) is 3.99. The summed E-state index contributed by atoms with van der Waals surface area (Å²) in [6.07, 6.45) is 4.52. The van der Waals surface area contributed by atoms with Crippen molar-refractivity contribution in [2.75, 3.05) is 26.2 Å². The molecule has 1 amide bonds. The molecule has 2 aliphatic rings. The number of carbonyl (C=O) groups is 1. The maximum absolute atomic E-state index is 12.7. The monoisotopic (exact) mass is 349 g/mol. The normalized spacial score (nSPS) is 18.9. The molecular weight excluding hydrogens is 330 g/mol. The van der Waals surface area contributed by atoms with Gasteiger partial charge < -0.3 is 5.32 Å². The first-order chi connectivity index (χ1) is 11.5. The Labute approximate surface area is 140 Å². The molecule has 0 bridgehead atoms. The molecule has 0 saturated carbocycles. The summed E-state index contributed by atoms with van der Waals surface area (Å²) >= 11 is 0. The lowest BCUT2D eigenvalue weighted by molar-refractivity contribution is -0.125. The molecule has 0 aliphatic carbocycles. The predicted octanol–water partition coefficient (Wildman–Crippen LogP) is 0.499. The first kappa shape index (κ1) is 16.8. The van der Waals surface area contributed by atoms with Crippen molar-refractivity contribution in [3.05, 3.63) is 47.6 Å². The number of benzene rings is 1. The lowest BCUT2D eigenvalue weighted by Gasteiger charge is -2.18. The van der Waals surface area contributed by atoms with Crippen molar-refractivity contribution in [1.29, 1.82) is 0 Å². The summed E-state index contributed by atoms with van der Waals surface area (Å²) in [6.45, 7) is 1.81. The van der Waals surface area contributed by atoms with Crippen LogP contribution in [0.4, 0.5) is 0 Å². The van der Waals surface area contributed by atoms with E-state index in [9.17, 15) is 13.2 Å². The van der Waals surface area contributed by atoms with Gasteiger partial charge in [0.2, 0.25) is 10.0 Å². The van der Waals surface area contributed by atoms with Crippen molar-refractivity contribution in [3.8, 4) is 0 Å². The van der Waals surface area contributed by atoms with E-state index in [1.54, 1.807) is 12.1 Å². The minimum atomic E-state index is -3.67. The zero-order chi connectivity index (χ0) is 17.2. The van der Waals surface area contributed by atoms with Gasteiger partial charge in [-0.25, -0.2) is 13.9 Å². The largest absolute Gasteiger partial charge is 0.313 e. The van der Waals surface area contributed by atoms with Crippen LogP contribution in [-0.2, 0) is 14.8 Å². The fourth-order valence-corrected chi connectivity index (χ4v) is 4.18. The number of rotatable bonds is 4. The number of hydroxylamine groups is 1. The molecule has 1 aromatic rings. The quantitative estimate of drug-likeness (QED) is 0.543. The number of amides is 1. The molecule has 0 atom stereocenters. The van der Waals surface area contributed by atoms with Crippen LogP contribution in [0.15, 0.2) is 46.9 Å². The molecule has 0 radical (unpaired) electrons. The van der Waals surface area contributed by atoms with Gasteiger partial charge in [0, 0.05) is 25.2 Å². The van der Waals surface area contributed by atoms with Crippen molar-refractivity contribution >= 4 is 21.5 Å². The molecule has 0 aromatic heterocycles. The molecule has 7 nitrogen and oxygen atoms in total. The van der Waals surface area contributed by atoms with Gasteiger partial charge in [-0.1, -0.05) is 24.3 Å². The van der Waals surface area contributed by atoms with E-state index < -0.39 is 15.9 Å². The molecular formula is C16H19N3O4S. The van der Waals surface area contributed by atoms with Gasteiger partial charge in [0.1, 0.15) is 0 Å². The molecule has 2 aliphatic heterocycles. The minimum absolute atomic E-state index is 0.0483. The van der Waals surface area contributed by atoms with E-state index in [2.05, 4.69) is 11.4 Å². The molecule has 128 valence electrons. The fraction of sp³-hybridized carbons (Fsp3) is 0.312. The SMILES string of the molecule is O=C(NO)C1=CCN(S(=O)(=O)c2ccc(C3=CCNCC3)cc2)C1. The smallest absolute Gasteiger partial charge is 0.271 e. The summed E-state index contributed by atoms with van der Waals surface area (Å²) in [5, 5.41) is 11.9. The highest BCUT2D eigenvalue weighted by Crippen LogP contribution is 2.24. The van der Waals surface area contributed by atoms with E-state index in [0.717, 1.165) is 25.1 Å². The first-order valence-electron chi connectivity index (χ1n) is 7.66. The van der Waals surface area contributed by atoms with Crippen LogP contribution < -0.4 is 10.8 Å². The second kappa shape index (κ2) is 6.86. The first-order valence-corrected chi connectivity index (χ1v) is 9.10. The molecule has 0 unspecified atom stereocenters. The van der Waals surface area contributed by atoms with Gasteiger partial charge in [-0.05, 0) is 36.2 Å². The molecule has 0 spiro atoms.